The molecule has 1 atom stereocenters. The maximum absolute atomic E-state index is 14.1. The van der Waals surface area contributed by atoms with Gasteiger partial charge in [0.2, 0.25) is 0 Å². The van der Waals surface area contributed by atoms with Gasteiger partial charge in [0.05, 0.1) is 12.5 Å². The van der Waals surface area contributed by atoms with Crippen LogP contribution in [0.25, 0.3) is 0 Å². The minimum Gasteiger partial charge on any atom is -0.497 e. The van der Waals surface area contributed by atoms with Gasteiger partial charge in [-0.3, -0.25) is 0 Å². The van der Waals surface area contributed by atoms with Crippen LogP contribution < -0.4 is 4.74 Å². The summed E-state index contributed by atoms with van der Waals surface area (Å²) in [6, 6.07) is 7.91. The standard InChI is InChI=1S/C16H15ClF2O/c1-9-5-4-6-10(2)14(9)16(17)15-12(18)7-11(20-3)8-13(15)19/h4-8,16H,1-3H3. The van der Waals surface area contributed by atoms with E-state index in [2.05, 4.69) is 0 Å². The van der Waals surface area contributed by atoms with Crippen molar-refractivity contribution in [3.63, 3.8) is 0 Å². The molecule has 0 aromatic heterocycles. The summed E-state index contributed by atoms with van der Waals surface area (Å²) >= 11 is 6.33. The molecule has 20 heavy (non-hydrogen) atoms. The number of ether oxygens (including phenoxy) is 1. The molecule has 1 unspecified atom stereocenters. The average molecular weight is 297 g/mol. The molecule has 0 N–H and O–H groups in total. The van der Waals surface area contributed by atoms with Crippen molar-refractivity contribution in [3.8, 4) is 5.75 Å². The molecule has 0 aliphatic rings. The maximum Gasteiger partial charge on any atom is 0.134 e. The molecule has 106 valence electrons. The third-order valence-electron chi connectivity index (χ3n) is 3.34. The molecule has 0 aliphatic carbocycles. The first-order chi connectivity index (χ1) is 9.45. The van der Waals surface area contributed by atoms with Crippen LogP contribution in [0.5, 0.6) is 5.75 Å². The number of hydrogen-bond donors (Lipinski definition) is 0. The number of rotatable bonds is 3. The van der Waals surface area contributed by atoms with E-state index in [1.807, 2.05) is 32.0 Å². The highest BCUT2D eigenvalue weighted by Crippen LogP contribution is 2.37. The fourth-order valence-corrected chi connectivity index (χ4v) is 2.85. The van der Waals surface area contributed by atoms with E-state index in [1.165, 1.54) is 7.11 Å². The smallest absolute Gasteiger partial charge is 0.134 e. The molecule has 2 aromatic rings. The Bertz CT molecular complexity index is 597. The van der Waals surface area contributed by atoms with Crippen LogP contribution in [0.2, 0.25) is 0 Å². The van der Waals surface area contributed by atoms with Crippen molar-refractivity contribution in [1.82, 2.24) is 0 Å². The van der Waals surface area contributed by atoms with Crippen LogP contribution in [0.3, 0.4) is 0 Å². The molecule has 0 heterocycles. The van der Waals surface area contributed by atoms with Gasteiger partial charge in [0.15, 0.2) is 0 Å². The highest BCUT2D eigenvalue weighted by atomic mass is 35.5. The Labute approximate surface area is 122 Å². The van der Waals surface area contributed by atoms with Gasteiger partial charge in [-0.1, -0.05) is 18.2 Å². The van der Waals surface area contributed by atoms with Crippen LogP contribution in [0.15, 0.2) is 30.3 Å². The average Bonchev–Trinajstić information content (AvgIpc) is 2.37. The summed E-state index contributed by atoms with van der Waals surface area (Å²) in [5.74, 6) is -1.27. The van der Waals surface area contributed by atoms with Crippen molar-refractivity contribution < 1.29 is 13.5 Å². The zero-order valence-electron chi connectivity index (χ0n) is 11.5. The predicted molar refractivity (Wildman–Crippen MR) is 76.5 cm³/mol. The van der Waals surface area contributed by atoms with Gasteiger partial charge in [-0.15, -0.1) is 11.6 Å². The van der Waals surface area contributed by atoms with Gasteiger partial charge in [0.25, 0.3) is 0 Å². The Morgan fingerprint density at radius 1 is 1.00 bits per heavy atom. The lowest BCUT2D eigenvalue weighted by atomic mass is 9.95. The van der Waals surface area contributed by atoms with Crippen LogP contribution in [0.1, 0.15) is 27.6 Å². The molecule has 0 spiro atoms. The number of methoxy groups -OCH3 is 1. The number of aryl methyl sites for hydroxylation is 2. The highest BCUT2D eigenvalue weighted by molar-refractivity contribution is 6.22. The second kappa shape index (κ2) is 5.80. The number of halogens is 3. The third kappa shape index (κ3) is 2.63. The Morgan fingerprint density at radius 2 is 1.50 bits per heavy atom. The van der Waals surface area contributed by atoms with E-state index in [0.717, 1.165) is 28.8 Å². The van der Waals surface area contributed by atoms with Gasteiger partial charge in [-0.05, 0) is 30.5 Å². The second-order valence-electron chi connectivity index (χ2n) is 4.67. The van der Waals surface area contributed by atoms with Crippen molar-refractivity contribution in [2.24, 2.45) is 0 Å². The number of hydrogen-bond acceptors (Lipinski definition) is 1. The molecular formula is C16H15ClF2O. The van der Waals surface area contributed by atoms with E-state index >= 15 is 0 Å². The van der Waals surface area contributed by atoms with E-state index in [1.54, 1.807) is 0 Å². The molecule has 0 radical (unpaired) electrons. The van der Waals surface area contributed by atoms with E-state index in [-0.39, 0.29) is 11.3 Å². The largest absolute Gasteiger partial charge is 0.497 e. The summed E-state index contributed by atoms with van der Waals surface area (Å²) in [5, 5.41) is -0.873. The molecular weight excluding hydrogens is 282 g/mol. The molecule has 2 rings (SSSR count). The fraction of sp³-hybridized carbons (Fsp3) is 0.250. The Morgan fingerprint density at radius 3 is 1.95 bits per heavy atom. The summed E-state index contributed by atoms with van der Waals surface area (Å²) in [5.41, 5.74) is 2.39. The maximum atomic E-state index is 14.1. The lowest BCUT2D eigenvalue weighted by Gasteiger charge is -2.18. The van der Waals surface area contributed by atoms with E-state index in [9.17, 15) is 8.78 Å². The van der Waals surface area contributed by atoms with Gasteiger partial charge in [0, 0.05) is 17.7 Å². The first-order valence-corrected chi connectivity index (χ1v) is 6.62. The highest BCUT2D eigenvalue weighted by Gasteiger charge is 2.23. The van der Waals surface area contributed by atoms with Crippen molar-refractivity contribution in [1.29, 1.82) is 0 Å². The molecule has 2 aromatic carbocycles. The van der Waals surface area contributed by atoms with Gasteiger partial charge in [-0.25, -0.2) is 8.78 Å². The van der Waals surface area contributed by atoms with E-state index in [0.29, 0.717) is 0 Å². The molecule has 0 bridgehead atoms. The van der Waals surface area contributed by atoms with Gasteiger partial charge in [-0.2, -0.15) is 0 Å². The Balaban J connectivity index is 2.57. The van der Waals surface area contributed by atoms with E-state index in [4.69, 9.17) is 16.3 Å². The van der Waals surface area contributed by atoms with Gasteiger partial charge >= 0.3 is 0 Å². The molecule has 0 amide bonds. The van der Waals surface area contributed by atoms with Gasteiger partial charge < -0.3 is 4.74 Å². The predicted octanol–water partition coefficient (Wildman–Crippen LogP) is 4.92. The topological polar surface area (TPSA) is 9.23 Å². The molecule has 1 nitrogen and oxygen atoms in total. The Kier molecular flexibility index (Phi) is 4.29. The monoisotopic (exact) mass is 296 g/mol. The minimum atomic E-state index is -0.873. The lowest BCUT2D eigenvalue weighted by molar-refractivity contribution is 0.405. The zero-order valence-corrected chi connectivity index (χ0v) is 12.3. The van der Waals surface area contributed by atoms with Gasteiger partial charge in [0.1, 0.15) is 17.4 Å². The van der Waals surface area contributed by atoms with Crippen LogP contribution in [-0.4, -0.2) is 7.11 Å². The molecule has 0 saturated heterocycles. The van der Waals surface area contributed by atoms with Crippen LogP contribution in [0.4, 0.5) is 8.78 Å². The van der Waals surface area contributed by atoms with Crippen LogP contribution >= 0.6 is 11.6 Å². The normalized spacial score (nSPS) is 12.3. The SMILES string of the molecule is COc1cc(F)c(C(Cl)c2c(C)cccc2C)c(F)c1. The number of benzene rings is 2. The molecule has 0 saturated carbocycles. The lowest BCUT2D eigenvalue weighted by Crippen LogP contribution is -2.05. The first-order valence-electron chi connectivity index (χ1n) is 6.18. The molecule has 0 aliphatic heterocycles. The summed E-state index contributed by atoms with van der Waals surface area (Å²) in [6.45, 7) is 3.74. The fourth-order valence-electron chi connectivity index (χ4n) is 2.29. The van der Waals surface area contributed by atoms with E-state index < -0.39 is 17.0 Å². The summed E-state index contributed by atoms with van der Waals surface area (Å²) < 4.78 is 33.0. The van der Waals surface area contributed by atoms with Crippen LogP contribution in [0, 0.1) is 25.5 Å². The minimum absolute atomic E-state index is 0.133. The third-order valence-corrected chi connectivity index (χ3v) is 3.77. The zero-order chi connectivity index (χ0) is 14.9. The number of alkyl halides is 1. The quantitative estimate of drug-likeness (QED) is 0.731. The second-order valence-corrected chi connectivity index (χ2v) is 5.11. The first kappa shape index (κ1) is 14.8. The summed E-state index contributed by atoms with van der Waals surface area (Å²) in [7, 11) is 1.36. The van der Waals surface area contributed by atoms with Crippen LogP contribution in [-0.2, 0) is 0 Å². The van der Waals surface area contributed by atoms with Crippen molar-refractivity contribution in [3.05, 3.63) is 64.2 Å². The Hall–Kier alpha value is -1.61. The van der Waals surface area contributed by atoms with Crippen molar-refractivity contribution in [2.45, 2.75) is 19.2 Å². The molecule has 0 fully saturated rings. The summed E-state index contributed by atoms with van der Waals surface area (Å²) in [6.07, 6.45) is 0. The summed E-state index contributed by atoms with van der Waals surface area (Å²) in [4.78, 5) is 0. The molecule has 4 heteroatoms. The van der Waals surface area contributed by atoms with Crippen molar-refractivity contribution in [2.75, 3.05) is 7.11 Å². The van der Waals surface area contributed by atoms with Crippen molar-refractivity contribution >= 4 is 11.6 Å².